The van der Waals surface area contributed by atoms with Gasteiger partial charge in [0.05, 0.1) is 5.69 Å². The first-order valence-corrected chi connectivity index (χ1v) is 10.3. The average Bonchev–Trinajstić information content (AvgIpc) is 3.47. The Morgan fingerprint density at radius 2 is 1.61 bits per heavy atom. The monoisotopic (exact) mass is 419 g/mol. The van der Waals surface area contributed by atoms with E-state index in [1.165, 1.54) is 4.90 Å². The Morgan fingerprint density at radius 3 is 2.19 bits per heavy atom. The molecule has 3 aromatic rings. The molecule has 0 bridgehead atoms. The van der Waals surface area contributed by atoms with E-state index in [0.29, 0.717) is 13.1 Å². The van der Waals surface area contributed by atoms with Gasteiger partial charge in [0.15, 0.2) is 11.9 Å². The van der Waals surface area contributed by atoms with Gasteiger partial charge in [0.25, 0.3) is 5.91 Å². The quantitative estimate of drug-likeness (QED) is 0.612. The van der Waals surface area contributed by atoms with Crippen LogP contribution in [0.2, 0.25) is 0 Å². The van der Waals surface area contributed by atoms with Gasteiger partial charge in [0.2, 0.25) is 0 Å². The number of hydrogen-bond donors (Lipinski definition) is 2. The van der Waals surface area contributed by atoms with Crippen LogP contribution < -0.4 is 0 Å². The highest BCUT2D eigenvalue weighted by Crippen LogP contribution is 2.25. The van der Waals surface area contributed by atoms with E-state index in [-0.39, 0.29) is 12.3 Å². The van der Waals surface area contributed by atoms with E-state index in [4.69, 9.17) is 0 Å². The van der Waals surface area contributed by atoms with Gasteiger partial charge in [0, 0.05) is 31.9 Å². The maximum absolute atomic E-state index is 12.6. The zero-order valence-electron chi connectivity index (χ0n) is 17.3. The highest BCUT2D eigenvalue weighted by molar-refractivity contribution is 5.92. The fourth-order valence-corrected chi connectivity index (χ4v) is 3.90. The van der Waals surface area contributed by atoms with Crippen LogP contribution in [-0.4, -0.2) is 48.8 Å². The molecule has 1 aromatic heterocycles. The number of amides is 1. The predicted octanol–water partition coefficient (Wildman–Crippen LogP) is 2.20. The molecule has 0 aliphatic carbocycles. The summed E-state index contributed by atoms with van der Waals surface area (Å²) in [4.78, 5) is 26.6. The predicted molar refractivity (Wildman–Crippen MR) is 114 cm³/mol. The third-order valence-corrected chi connectivity index (χ3v) is 5.77. The molecule has 1 amide bonds. The molecule has 0 fully saturated rings. The molecule has 7 nitrogen and oxygen atoms in total. The molecule has 2 heterocycles. The van der Waals surface area contributed by atoms with Gasteiger partial charge in [-0.15, -0.1) is 0 Å². The molecule has 0 unspecified atom stereocenters. The Bertz CT molecular complexity index is 1040. The first-order chi connectivity index (χ1) is 14.9. The number of carbonyl (C=O) groups excluding carboxylic acids is 2. The van der Waals surface area contributed by atoms with Crippen molar-refractivity contribution >= 4 is 11.7 Å². The van der Waals surface area contributed by atoms with Crippen molar-refractivity contribution in [3.63, 3.8) is 0 Å². The van der Waals surface area contributed by atoms with Crippen molar-refractivity contribution in [3.8, 4) is 5.69 Å². The second kappa shape index (κ2) is 8.83. The SMILES string of the molecule is C[C@@H](CC(=O)[C@H](O)[C@@H](O)C(=O)N1Cc2ccccc2C1)c1ccc(-n2cccn2)cc1. The number of benzene rings is 2. The molecular formula is C24H25N3O4. The number of nitrogens with zero attached hydrogens (tertiary/aromatic N) is 3. The first-order valence-electron chi connectivity index (χ1n) is 10.3. The van der Waals surface area contributed by atoms with E-state index in [1.54, 1.807) is 10.9 Å². The molecule has 0 radical (unpaired) electrons. The second-order valence-electron chi connectivity index (χ2n) is 7.97. The first kappa shape index (κ1) is 21.0. The summed E-state index contributed by atoms with van der Waals surface area (Å²) in [5.74, 6) is -1.36. The highest BCUT2D eigenvalue weighted by Gasteiger charge is 2.35. The maximum atomic E-state index is 12.6. The van der Waals surface area contributed by atoms with E-state index in [9.17, 15) is 19.8 Å². The van der Waals surface area contributed by atoms with Crippen LogP contribution in [0.25, 0.3) is 5.69 Å². The lowest BCUT2D eigenvalue weighted by molar-refractivity contribution is -0.152. The van der Waals surface area contributed by atoms with Gasteiger partial charge in [-0.1, -0.05) is 43.3 Å². The number of ketones is 1. The molecule has 4 rings (SSSR count). The molecule has 7 heteroatoms. The Kier molecular flexibility index (Phi) is 5.97. The zero-order chi connectivity index (χ0) is 22.0. The largest absolute Gasteiger partial charge is 0.382 e. The Labute approximate surface area is 180 Å². The van der Waals surface area contributed by atoms with E-state index >= 15 is 0 Å². The molecule has 31 heavy (non-hydrogen) atoms. The van der Waals surface area contributed by atoms with Crippen molar-refractivity contribution in [2.24, 2.45) is 0 Å². The standard InChI is InChI=1S/C24H25N3O4/c1-16(17-7-9-20(10-8-17)27-12-4-11-25-27)13-21(28)22(29)23(30)24(31)26-14-18-5-2-3-6-19(18)15-26/h2-12,16,22-23,29-30H,13-15H2,1H3/t16-,22-,23+/m0/s1. The van der Waals surface area contributed by atoms with Crippen molar-refractivity contribution in [3.05, 3.63) is 83.7 Å². The van der Waals surface area contributed by atoms with Crippen molar-refractivity contribution in [1.82, 2.24) is 14.7 Å². The van der Waals surface area contributed by atoms with Crippen molar-refractivity contribution in [2.45, 2.75) is 44.6 Å². The van der Waals surface area contributed by atoms with Gasteiger partial charge in [-0.3, -0.25) is 9.59 Å². The van der Waals surface area contributed by atoms with Crippen LogP contribution in [0.3, 0.4) is 0 Å². The molecule has 0 saturated heterocycles. The number of Topliss-reactive ketones (excluding diaryl/α,β-unsaturated/α-hetero) is 1. The summed E-state index contributed by atoms with van der Waals surface area (Å²) < 4.78 is 1.74. The van der Waals surface area contributed by atoms with Gasteiger partial charge < -0.3 is 15.1 Å². The van der Waals surface area contributed by atoms with Crippen molar-refractivity contribution in [1.29, 1.82) is 0 Å². The van der Waals surface area contributed by atoms with E-state index in [0.717, 1.165) is 22.4 Å². The number of rotatable bonds is 7. The summed E-state index contributed by atoms with van der Waals surface area (Å²) in [5, 5.41) is 24.9. The third kappa shape index (κ3) is 4.42. The Hall–Kier alpha value is -3.29. The average molecular weight is 419 g/mol. The van der Waals surface area contributed by atoms with Crippen LogP contribution in [0.5, 0.6) is 0 Å². The fraction of sp³-hybridized carbons (Fsp3) is 0.292. The minimum Gasteiger partial charge on any atom is -0.382 e. The van der Waals surface area contributed by atoms with Gasteiger partial charge in [-0.2, -0.15) is 5.10 Å². The van der Waals surface area contributed by atoms with Gasteiger partial charge >= 0.3 is 0 Å². The smallest absolute Gasteiger partial charge is 0.255 e. The number of fused-ring (bicyclic) bond motifs is 1. The van der Waals surface area contributed by atoms with E-state index in [1.807, 2.05) is 67.7 Å². The molecular weight excluding hydrogens is 394 g/mol. The number of aromatic nitrogens is 2. The van der Waals surface area contributed by atoms with Gasteiger partial charge in [0.1, 0.15) is 6.10 Å². The molecule has 1 aliphatic heterocycles. The summed E-state index contributed by atoms with van der Waals surface area (Å²) in [6, 6.07) is 17.1. The van der Waals surface area contributed by atoms with Crippen LogP contribution in [-0.2, 0) is 22.7 Å². The number of carbonyl (C=O) groups is 2. The van der Waals surface area contributed by atoms with Crippen LogP contribution in [0.1, 0.15) is 36.0 Å². The van der Waals surface area contributed by atoms with Crippen LogP contribution in [0, 0.1) is 0 Å². The Balaban J connectivity index is 1.35. The van der Waals surface area contributed by atoms with E-state index < -0.39 is 23.9 Å². The number of aliphatic hydroxyl groups excluding tert-OH is 2. The molecule has 2 N–H and O–H groups in total. The van der Waals surface area contributed by atoms with Crippen LogP contribution in [0.15, 0.2) is 67.0 Å². The lowest BCUT2D eigenvalue weighted by Gasteiger charge is -2.23. The molecule has 2 aromatic carbocycles. The number of hydrogen-bond acceptors (Lipinski definition) is 5. The summed E-state index contributed by atoms with van der Waals surface area (Å²) >= 11 is 0. The molecule has 3 atom stereocenters. The highest BCUT2D eigenvalue weighted by atomic mass is 16.3. The summed E-state index contributed by atoms with van der Waals surface area (Å²) in [6.45, 7) is 2.61. The molecule has 160 valence electrons. The van der Waals surface area contributed by atoms with E-state index in [2.05, 4.69) is 5.10 Å². The number of aliphatic hydroxyl groups is 2. The second-order valence-corrected chi connectivity index (χ2v) is 7.97. The maximum Gasteiger partial charge on any atom is 0.255 e. The lowest BCUT2D eigenvalue weighted by atomic mass is 9.92. The van der Waals surface area contributed by atoms with Crippen molar-refractivity contribution in [2.75, 3.05) is 0 Å². The summed E-state index contributed by atoms with van der Waals surface area (Å²) in [7, 11) is 0. The Morgan fingerprint density at radius 1 is 0.968 bits per heavy atom. The third-order valence-electron chi connectivity index (χ3n) is 5.77. The van der Waals surface area contributed by atoms with Gasteiger partial charge in [-0.25, -0.2) is 4.68 Å². The molecule has 1 aliphatic rings. The minimum atomic E-state index is -1.77. The fourth-order valence-electron chi connectivity index (χ4n) is 3.90. The zero-order valence-corrected chi connectivity index (χ0v) is 17.3. The molecule has 0 saturated carbocycles. The normalized spacial score (nSPS) is 15.9. The summed E-state index contributed by atoms with van der Waals surface area (Å²) in [5.41, 5.74) is 3.85. The van der Waals surface area contributed by atoms with Crippen LogP contribution in [0.4, 0.5) is 0 Å². The van der Waals surface area contributed by atoms with Crippen LogP contribution >= 0.6 is 0 Å². The minimum absolute atomic E-state index is 0.0207. The van der Waals surface area contributed by atoms with Gasteiger partial charge in [-0.05, 0) is 40.8 Å². The lowest BCUT2D eigenvalue weighted by Crippen LogP contribution is -2.46. The summed E-state index contributed by atoms with van der Waals surface area (Å²) in [6.07, 6.45) is 0.0464. The van der Waals surface area contributed by atoms with Crippen molar-refractivity contribution < 1.29 is 19.8 Å². The molecule has 0 spiro atoms. The topological polar surface area (TPSA) is 95.7 Å².